The van der Waals surface area contributed by atoms with Crippen LogP contribution >= 0.6 is 11.3 Å². The van der Waals surface area contributed by atoms with Gasteiger partial charge in [-0.25, -0.2) is 14.6 Å². The van der Waals surface area contributed by atoms with Crippen LogP contribution < -0.4 is 5.32 Å². The molecular formula is C18H16N2O5S. The van der Waals surface area contributed by atoms with Crippen molar-refractivity contribution >= 4 is 39.5 Å². The molecule has 1 N–H and O–H groups in total. The lowest BCUT2D eigenvalue weighted by Gasteiger charge is -2.04. The fourth-order valence-electron chi connectivity index (χ4n) is 2.43. The second-order valence-corrected chi connectivity index (χ2v) is 6.26. The van der Waals surface area contributed by atoms with E-state index in [1.54, 1.807) is 6.92 Å². The number of carbonyl (C=O) groups is 2. The van der Waals surface area contributed by atoms with Crippen LogP contribution in [0.1, 0.15) is 16.1 Å². The largest absolute Gasteiger partial charge is 0.465 e. The van der Waals surface area contributed by atoms with Gasteiger partial charge in [0, 0.05) is 0 Å². The Labute approximate surface area is 153 Å². The average molecular weight is 372 g/mol. The van der Waals surface area contributed by atoms with Crippen molar-refractivity contribution in [3.05, 3.63) is 48.2 Å². The van der Waals surface area contributed by atoms with E-state index in [0.717, 1.165) is 10.2 Å². The molecule has 0 spiro atoms. The van der Waals surface area contributed by atoms with Gasteiger partial charge in [-0.1, -0.05) is 24.8 Å². The average Bonchev–Trinajstić information content (AvgIpc) is 3.19. The topological polar surface area (TPSA) is 90.7 Å². The first-order valence-electron chi connectivity index (χ1n) is 7.67. The second kappa shape index (κ2) is 7.40. The van der Waals surface area contributed by atoms with Gasteiger partial charge < -0.3 is 13.9 Å². The molecule has 2 aromatic heterocycles. The lowest BCUT2D eigenvalue weighted by molar-refractivity contribution is 0.0599. The number of hydrogen-bond donors (Lipinski definition) is 1. The Kier molecular flexibility index (Phi) is 5.04. The van der Waals surface area contributed by atoms with Crippen LogP contribution in [0.5, 0.6) is 0 Å². The second-order valence-electron chi connectivity index (χ2n) is 5.23. The molecule has 2 heterocycles. The van der Waals surface area contributed by atoms with Gasteiger partial charge in [-0.3, -0.25) is 5.32 Å². The number of para-hydroxylation sites is 1. The zero-order valence-electron chi connectivity index (χ0n) is 14.2. The molecule has 0 radical (unpaired) electrons. The Balaban J connectivity index is 2.11. The predicted molar refractivity (Wildman–Crippen MR) is 98.6 cm³/mol. The lowest BCUT2D eigenvalue weighted by atomic mass is 10.1. The molecule has 0 aliphatic rings. The van der Waals surface area contributed by atoms with Gasteiger partial charge in [-0.15, -0.1) is 11.3 Å². The number of furan rings is 1. The number of rotatable bonds is 5. The number of methoxy groups -OCH3 is 1. The molecule has 0 saturated heterocycles. The van der Waals surface area contributed by atoms with E-state index in [1.807, 2.05) is 24.3 Å². The van der Waals surface area contributed by atoms with Crippen molar-refractivity contribution in [1.29, 1.82) is 0 Å². The van der Waals surface area contributed by atoms with Crippen LogP contribution in [0.4, 0.5) is 10.7 Å². The number of fused-ring (bicyclic) bond motifs is 1. The molecule has 8 heteroatoms. The first kappa shape index (κ1) is 17.7. The molecule has 26 heavy (non-hydrogen) atoms. The Morgan fingerprint density at radius 1 is 1.38 bits per heavy atom. The van der Waals surface area contributed by atoms with Crippen molar-refractivity contribution in [1.82, 2.24) is 4.98 Å². The summed E-state index contributed by atoms with van der Waals surface area (Å²) in [5, 5.41) is 3.04. The third kappa shape index (κ3) is 3.31. The molecule has 0 saturated carbocycles. The van der Waals surface area contributed by atoms with E-state index in [-0.39, 0.29) is 18.1 Å². The monoisotopic (exact) mass is 372 g/mol. The number of nitrogens with one attached hydrogen (secondary N) is 1. The number of anilines is 1. The zero-order valence-corrected chi connectivity index (χ0v) is 15.0. The van der Waals surface area contributed by atoms with Gasteiger partial charge in [-0.2, -0.15) is 0 Å². The molecule has 0 atom stereocenters. The maximum absolute atomic E-state index is 12.3. The summed E-state index contributed by atoms with van der Waals surface area (Å²) in [6, 6.07) is 7.57. The molecule has 0 fully saturated rings. The van der Waals surface area contributed by atoms with E-state index < -0.39 is 12.1 Å². The minimum absolute atomic E-state index is 0.0475. The Bertz CT molecular complexity index is 956. The van der Waals surface area contributed by atoms with Crippen molar-refractivity contribution in [2.24, 2.45) is 0 Å². The zero-order chi connectivity index (χ0) is 18.7. The number of thiazole rings is 1. The molecule has 134 valence electrons. The fourth-order valence-corrected chi connectivity index (χ4v) is 3.44. The van der Waals surface area contributed by atoms with Crippen LogP contribution in [0.3, 0.4) is 0 Å². The highest BCUT2D eigenvalue weighted by atomic mass is 32.1. The third-order valence-corrected chi connectivity index (χ3v) is 4.58. The lowest BCUT2D eigenvalue weighted by Crippen LogP contribution is -2.14. The number of benzene rings is 1. The van der Waals surface area contributed by atoms with Crippen LogP contribution in [0.25, 0.3) is 20.8 Å². The number of aromatic nitrogens is 1. The standard InChI is InChI=1S/C18H16N2O5S/c1-4-9-24-18(22)20-15-14(13(10(2)25-15)17(21)23-3)16-19-11-7-5-6-8-12(11)26-16/h4-8H,1,9H2,2-3H3,(H,20,22). The molecule has 0 bridgehead atoms. The van der Waals surface area contributed by atoms with Gasteiger partial charge in [-0.05, 0) is 19.1 Å². The summed E-state index contributed by atoms with van der Waals surface area (Å²) >= 11 is 1.38. The van der Waals surface area contributed by atoms with Gasteiger partial charge in [0.2, 0.25) is 5.88 Å². The van der Waals surface area contributed by atoms with Gasteiger partial charge in [0.25, 0.3) is 0 Å². The van der Waals surface area contributed by atoms with Crippen LogP contribution in [-0.2, 0) is 9.47 Å². The summed E-state index contributed by atoms with van der Waals surface area (Å²) < 4.78 is 16.3. The molecule has 0 aliphatic heterocycles. The number of esters is 1. The Hall–Kier alpha value is -3.13. The van der Waals surface area contributed by atoms with E-state index in [1.165, 1.54) is 24.5 Å². The maximum Gasteiger partial charge on any atom is 0.414 e. The first-order chi connectivity index (χ1) is 12.5. The van der Waals surface area contributed by atoms with Crippen molar-refractivity contribution in [3.63, 3.8) is 0 Å². The number of ether oxygens (including phenoxy) is 2. The summed E-state index contributed by atoms with van der Waals surface area (Å²) in [6.45, 7) is 5.15. The molecular weight excluding hydrogens is 356 g/mol. The molecule has 7 nitrogen and oxygen atoms in total. The number of aryl methyl sites for hydroxylation is 1. The molecule has 1 aromatic carbocycles. The maximum atomic E-state index is 12.3. The first-order valence-corrected chi connectivity index (χ1v) is 8.49. The number of amides is 1. The smallest absolute Gasteiger partial charge is 0.414 e. The highest BCUT2D eigenvalue weighted by Crippen LogP contribution is 2.40. The van der Waals surface area contributed by atoms with Crippen LogP contribution in [0.15, 0.2) is 41.3 Å². The van der Waals surface area contributed by atoms with Crippen LogP contribution in [0, 0.1) is 6.92 Å². The van der Waals surface area contributed by atoms with Crippen LogP contribution in [0.2, 0.25) is 0 Å². The van der Waals surface area contributed by atoms with E-state index in [9.17, 15) is 9.59 Å². The molecule has 3 rings (SSSR count). The summed E-state index contributed by atoms with van der Waals surface area (Å²) in [7, 11) is 1.28. The minimum atomic E-state index is -0.725. The van der Waals surface area contributed by atoms with Gasteiger partial charge in [0.05, 0.1) is 22.9 Å². The van der Waals surface area contributed by atoms with E-state index in [4.69, 9.17) is 13.9 Å². The number of nitrogens with zero attached hydrogens (tertiary/aromatic N) is 1. The summed E-state index contributed by atoms with van der Waals surface area (Å²) in [5.74, 6) is -0.186. The van der Waals surface area contributed by atoms with Crippen molar-refractivity contribution < 1.29 is 23.5 Å². The molecule has 1 amide bonds. The van der Waals surface area contributed by atoms with Crippen molar-refractivity contribution in [2.45, 2.75) is 6.92 Å². The molecule has 0 aliphatic carbocycles. The Morgan fingerprint density at radius 2 is 2.15 bits per heavy atom. The highest BCUT2D eigenvalue weighted by Gasteiger charge is 2.28. The summed E-state index contributed by atoms with van der Waals surface area (Å²) in [6.07, 6.45) is 0.721. The summed E-state index contributed by atoms with van der Waals surface area (Å²) in [4.78, 5) is 28.7. The normalized spacial score (nSPS) is 10.5. The quantitative estimate of drug-likeness (QED) is 0.528. The third-order valence-electron chi connectivity index (χ3n) is 3.53. The Morgan fingerprint density at radius 3 is 2.85 bits per heavy atom. The van der Waals surface area contributed by atoms with Gasteiger partial charge in [0.1, 0.15) is 22.9 Å². The molecule has 3 aromatic rings. The fraction of sp³-hybridized carbons (Fsp3) is 0.167. The van der Waals surface area contributed by atoms with Crippen molar-refractivity contribution in [3.8, 4) is 10.6 Å². The van der Waals surface area contributed by atoms with Gasteiger partial charge in [0.15, 0.2) is 0 Å². The minimum Gasteiger partial charge on any atom is -0.465 e. The van der Waals surface area contributed by atoms with E-state index in [2.05, 4.69) is 16.9 Å². The number of carbonyl (C=O) groups excluding carboxylic acids is 2. The van der Waals surface area contributed by atoms with Crippen molar-refractivity contribution in [2.75, 3.05) is 19.0 Å². The van der Waals surface area contributed by atoms with E-state index in [0.29, 0.717) is 16.3 Å². The predicted octanol–water partition coefficient (Wildman–Crippen LogP) is 4.39. The van der Waals surface area contributed by atoms with Crippen LogP contribution in [-0.4, -0.2) is 30.8 Å². The highest BCUT2D eigenvalue weighted by molar-refractivity contribution is 7.21. The number of hydrogen-bond acceptors (Lipinski definition) is 7. The SMILES string of the molecule is C=CCOC(=O)Nc1oc(C)c(C(=O)OC)c1-c1nc2ccccc2s1. The molecule has 0 unspecified atom stereocenters. The summed E-state index contributed by atoms with van der Waals surface area (Å²) in [5.41, 5.74) is 1.36. The van der Waals surface area contributed by atoms with Gasteiger partial charge >= 0.3 is 12.1 Å². The van der Waals surface area contributed by atoms with E-state index >= 15 is 0 Å².